The molecule has 0 spiro atoms. The van der Waals surface area contributed by atoms with Crippen LogP contribution in [0.2, 0.25) is 0 Å². The number of fused-ring (bicyclic) bond motifs is 1. The van der Waals surface area contributed by atoms with Gasteiger partial charge in [0.25, 0.3) is 0 Å². The minimum absolute atomic E-state index is 0.0352. The monoisotopic (exact) mass is 445 g/mol. The molecule has 2 amide bonds. The largest absolute Gasteiger partial charge is 0.354 e. The van der Waals surface area contributed by atoms with Gasteiger partial charge in [-0.05, 0) is 57.7 Å². The number of rotatable bonds is 6. The minimum Gasteiger partial charge on any atom is -0.354 e. The predicted molar refractivity (Wildman–Crippen MR) is 123 cm³/mol. The van der Waals surface area contributed by atoms with Gasteiger partial charge in [-0.25, -0.2) is 4.99 Å². The van der Waals surface area contributed by atoms with Gasteiger partial charge in [0.2, 0.25) is 11.8 Å². The molecule has 2 N–H and O–H groups in total. The van der Waals surface area contributed by atoms with E-state index >= 15 is 0 Å². The van der Waals surface area contributed by atoms with E-state index in [0.717, 1.165) is 55.5 Å². The number of nitrogens with zero attached hydrogens (tertiary/aromatic N) is 3. The average Bonchev–Trinajstić information content (AvgIpc) is 3.12. The van der Waals surface area contributed by atoms with Crippen LogP contribution in [0, 0.1) is 11.8 Å². The van der Waals surface area contributed by atoms with Gasteiger partial charge in [-0.2, -0.15) is 5.10 Å². The normalized spacial score (nSPS) is 24.6. The molecule has 2 aliphatic rings. The van der Waals surface area contributed by atoms with Crippen LogP contribution in [0.4, 0.5) is 0 Å². The quantitative estimate of drug-likeness (QED) is 0.515. The van der Waals surface area contributed by atoms with E-state index in [-0.39, 0.29) is 23.8 Å². The Morgan fingerprint density at radius 3 is 2.77 bits per heavy atom. The fourth-order valence-electron chi connectivity index (χ4n) is 4.52. The highest BCUT2D eigenvalue weighted by Gasteiger charge is 2.28. The maximum absolute atomic E-state index is 12.9. The Hall–Kier alpha value is -2.41. The third-order valence-corrected chi connectivity index (χ3v) is 6.33. The number of carbonyl (C=O) groups excluding carboxylic acids is 2. The van der Waals surface area contributed by atoms with E-state index in [2.05, 4.69) is 34.4 Å². The zero-order valence-corrected chi connectivity index (χ0v) is 19.3. The zero-order valence-electron chi connectivity index (χ0n) is 18.6. The summed E-state index contributed by atoms with van der Waals surface area (Å²) in [4.78, 5) is 28.3. The molecule has 1 aliphatic carbocycles. The fourth-order valence-corrected chi connectivity index (χ4v) is 4.68. The summed E-state index contributed by atoms with van der Waals surface area (Å²) in [6.45, 7) is 10.1. The van der Waals surface area contributed by atoms with E-state index < -0.39 is 0 Å². The van der Waals surface area contributed by atoms with Crippen molar-refractivity contribution in [2.75, 3.05) is 0 Å². The van der Waals surface area contributed by atoms with Gasteiger partial charge >= 0.3 is 0 Å². The first-order valence-corrected chi connectivity index (χ1v) is 11.3. The van der Waals surface area contributed by atoms with Crippen LogP contribution >= 0.6 is 11.6 Å². The SMILES string of the molecule is C=N/C(=C\C(=C(/C)Cl)c1cnn2c1CCC(C)C2)NC(=O)[C@H]1CCC[C@@H](NC(C)=O)C1. The molecule has 1 aliphatic heterocycles. The van der Waals surface area contributed by atoms with Gasteiger partial charge in [-0.15, -0.1) is 0 Å². The Bertz CT molecular complexity index is 913. The molecule has 1 saturated carbocycles. The standard InChI is InChI=1S/C23H32ClN5O2/c1-14-8-9-21-20(12-26-29(21)13-14)19(15(2)24)11-22(25-4)28-23(31)17-6-5-7-18(10-17)27-16(3)30/h11-12,14,17-18H,4-10,13H2,1-3H3,(H,27,30)(H,28,31)/b19-15-,22-11+/t14?,17-,18+/m0/s1. The molecular formula is C23H32ClN5O2. The van der Waals surface area contributed by atoms with E-state index in [4.69, 9.17) is 11.6 Å². The number of nitrogens with one attached hydrogen (secondary N) is 2. The second-order valence-corrected chi connectivity index (χ2v) is 9.28. The van der Waals surface area contributed by atoms with Crippen molar-refractivity contribution in [3.05, 3.63) is 34.4 Å². The van der Waals surface area contributed by atoms with Crippen molar-refractivity contribution in [2.45, 2.75) is 71.9 Å². The third-order valence-electron chi connectivity index (χ3n) is 6.12. The highest BCUT2D eigenvalue weighted by atomic mass is 35.5. The van der Waals surface area contributed by atoms with Crippen molar-refractivity contribution < 1.29 is 9.59 Å². The highest BCUT2D eigenvalue weighted by Crippen LogP contribution is 2.31. The van der Waals surface area contributed by atoms with E-state index in [9.17, 15) is 9.59 Å². The molecule has 0 saturated heterocycles. The summed E-state index contributed by atoms with van der Waals surface area (Å²) in [7, 11) is 0. The van der Waals surface area contributed by atoms with E-state index in [1.807, 2.05) is 17.8 Å². The number of allylic oxidation sites excluding steroid dienone is 3. The summed E-state index contributed by atoms with van der Waals surface area (Å²) < 4.78 is 2.04. The molecule has 1 fully saturated rings. The lowest BCUT2D eigenvalue weighted by Gasteiger charge is -2.28. The Morgan fingerprint density at radius 1 is 1.32 bits per heavy atom. The van der Waals surface area contributed by atoms with Crippen LogP contribution in [0.5, 0.6) is 0 Å². The number of hydrogen-bond acceptors (Lipinski definition) is 4. The molecule has 0 aromatic carbocycles. The number of aliphatic imine (C=N–C) groups is 1. The number of amides is 2. The Morgan fingerprint density at radius 2 is 2.10 bits per heavy atom. The minimum atomic E-state index is -0.175. The van der Waals surface area contributed by atoms with Crippen LogP contribution in [0.1, 0.15) is 64.1 Å². The van der Waals surface area contributed by atoms with Crippen molar-refractivity contribution in [3.63, 3.8) is 0 Å². The van der Waals surface area contributed by atoms with Gasteiger partial charge in [0.05, 0.1) is 6.20 Å². The molecule has 168 valence electrons. The van der Waals surface area contributed by atoms with Crippen molar-refractivity contribution in [2.24, 2.45) is 16.8 Å². The third kappa shape index (κ3) is 5.85. The molecule has 1 unspecified atom stereocenters. The number of hydrogen-bond donors (Lipinski definition) is 2. The summed E-state index contributed by atoms with van der Waals surface area (Å²) >= 11 is 6.44. The summed E-state index contributed by atoms with van der Waals surface area (Å²) in [5.74, 6) is 0.620. The van der Waals surface area contributed by atoms with Gasteiger partial charge in [-0.3, -0.25) is 14.3 Å². The molecule has 8 heteroatoms. The average molecular weight is 446 g/mol. The van der Waals surface area contributed by atoms with Crippen LogP contribution in [0.25, 0.3) is 5.57 Å². The van der Waals surface area contributed by atoms with Crippen LogP contribution in [0.3, 0.4) is 0 Å². The lowest BCUT2D eigenvalue weighted by molar-refractivity contribution is -0.126. The molecule has 1 aromatic rings. The fraction of sp³-hybridized carbons (Fsp3) is 0.565. The molecular weight excluding hydrogens is 414 g/mol. The zero-order chi connectivity index (χ0) is 22.5. The van der Waals surface area contributed by atoms with E-state index in [1.165, 1.54) is 6.92 Å². The van der Waals surface area contributed by atoms with Gasteiger partial charge in [0.1, 0.15) is 5.82 Å². The number of aromatic nitrogens is 2. The van der Waals surface area contributed by atoms with Crippen LogP contribution in [-0.2, 0) is 22.6 Å². The van der Waals surface area contributed by atoms with Gasteiger partial charge in [0.15, 0.2) is 0 Å². The second kappa shape index (κ2) is 10.3. The van der Waals surface area contributed by atoms with Crippen LogP contribution < -0.4 is 10.6 Å². The molecule has 3 rings (SSSR count). The number of carbonyl (C=O) groups is 2. The molecule has 0 radical (unpaired) electrons. The summed E-state index contributed by atoms with van der Waals surface area (Å²) in [5.41, 5.74) is 2.92. The summed E-state index contributed by atoms with van der Waals surface area (Å²) in [5, 5.41) is 11.0. The lowest BCUT2D eigenvalue weighted by atomic mass is 9.85. The Kier molecular flexibility index (Phi) is 7.70. The Balaban J connectivity index is 1.77. The first-order chi connectivity index (χ1) is 14.8. The van der Waals surface area contributed by atoms with Gasteiger partial charge in [-0.1, -0.05) is 24.9 Å². The molecule has 31 heavy (non-hydrogen) atoms. The van der Waals surface area contributed by atoms with Crippen molar-refractivity contribution >= 4 is 35.7 Å². The summed E-state index contributed by atoms with van der Waals surface area (Å²) in [6.07, 6.45) is 8.88. The smallest absolute Gasteiger partial charge is 0.228 e. The highest BCUT2D eigenvalue weighted by molar-refractivity contribution is 6.32. The first-order valence-electron chi connectivity index (χ1n) is 11.0. The van der Waals surface area contributed by atoms with Gasteiger partial charge < -0.3 is 10.6 Å². The lowest BCUT2D eigenvalue weighted by Crippen LogP contribution is -2.41. The van der Waals surface area contributed by atoms with Crippen molar-refractivity contribution in [1.29, 1.82) is 0 Å². The van der Waals surface area contributed by atoms with E-state index in [1.54, 1.807) is 6.08 Å². The molecule has 7 nitrogen and oxygen atoms in total. The van der Waals surface area contributed by atoms with Crippen molar-refractivity contribution in [3.8, 4) is 0 Å². The second-order valence-electron chi connectivity index (χ2n) is 8.72. The molecule has 1 aromatic heterocycles. The number of halogens is 1. The Labute approximate surface area is 189 Å². The van der Waals surface area contributed by atoms with Crippen molar-refractivity contribution in [1.82, 2.24) is 20.4 Å². The summed E-state index contributed by atoms with van der Waals surface area (Å²) in [6, 6.07) is 0.0352. The van der Waals surface area contributed by atoms with E-state index in [0.29, 0.717) is 23.2 Å². The maximum atomic E-state index is 12.9. The van der Waals surface area contributed by atoms with Crippen LogP contribution in [0.15, 0.2) is 28.1 Å². The molecule has 3 atom stereocenters. The first kappa shape index (κ1) is 23.3. The predicted octanol–water partition coefficient (Wildman–Crippen LogP) is 3.79. The van der Waals surface area contributed by atoms with Crippen LogP contribution in [-0.4, -0.2) is 34.4 Å². The molecule has 0 bridgehead atoms. The maximum Gasteiger partial charge on any atom is 0.228 e. The molecule has 2 heterocycles. The topological polar surface area (TPSA) is 88.4 Å². The van der Waals surface area contributed by atoms with Gasteiger partial charge in [0, 0.05) is 47.3 Å².